The number of benzene rings is 2. The number of hydrogen-bond donors (Lipinski definition) is 2. The van der Waals surface area contributed by atoms with E-state index in [2.05, 4.69) is 10.6 Å². The topological polar surface area (TPSA) is 58.2 Å². The molecule has 0 heterocycles. The molecule has 1 aliphatic rings. The lowest BCUT2D eigenvalue weighted by Gasteiger charge is -2.15. The lowest BCUT2D eigenvalue weighted by atomic mass is 10.0. The molecule has 2 amide bonds. The Morgan fingerprint density at radius 3 is 1.74 bits per heavy atom. The summed E-state index contributed by atoms with van der Waals surface area (Å²) in [5, 5.41) is 5.47. The first-order valence-electron chi connectivity index (χ1n) is 7.45. The maximum absolute atomic E-state index is 12.9. The summed E-state index contributed by atoms with van der Waals surface area (Å²) in [6, 6.07) is 12.9. The summed E-state index contributed by atoms with van der Waals surface area (Å²) in [4.78, 5) is 24.8. The van der Waals surface area contributed by atoms with Crippen LogP contribution in [0, 0.1) is 18.2 Å². The van der Waals surface area contributed by atoms with Gasteiger partial charge in [0.05, 0.1) is 0 Å². The summed E-state index contributed by atoms with van der Waals surface area (Å²) >= 11 is 0. The van der Waals surface area contributed by atoms with E-state index in [1.165, 1.54) is 24.3 Å². The van der Waals surface area contributed by atoms with E-state index in [1.807, 2.05) is 19.1 Å². The van der Waals surface area contributed by atoms with Gasteiger partial charge in [0, 0.05) is 11.4 Å². The van der Waals surface area contributed by atoms with E-state index in [9.17, 15) is 14.0 Å². The monoisotopic (exact) mass is 312 g/mol. The van der Waals surface area contributed by atoms with Crippen molar-refractivity contribution in [1.29, 1.82) is 0 Å². The summed E-state index contributed by atoms with van der Waals surface area (Å²) < 4.78 is 12.9. The maximum Gasteiger partial charge on any atom is 0.240 e. The van der Waals surface area contributed by atoms with E-state index in [1.54, 1.807) is 12.1 Å². The zero-order chi connectivity index (χ0) is 16.4. The molecule has 0 aromatic heterocycles. The van der Waals surface area contributed by atoms with Crippen molar-refractivity contribution in [2.24, 2.45) is 5.41 Å². The summed E-state index contributed by atoms with van der Waals surface area (Å²) in [7, 11) is 0. The van der Waals surface area contributed by atoms with Crippen molar-refractivity contribution < 1.29 is 14.0 Å². The van der Waals surface area contributed by atoms with Gasteiger partial charge in [-0.1, -0.05) is 17.7 Å². The number of hydrogen-bond acceptors (Lipinski definition) is 2. The number of anilines is 2. The van der Waals surface area contributed by atoms with Crippen molar-refractivity contribution in [3.63, 3.8) is 0 Å². The molecule has 0 atom stereocenters. The number of nitrogens with one attached hydrogen (secondary N) is 2. The zero-order valence-corrected chi connectivity index (χ0v) is 12.7. The standard InChI is InChI=1S/C18H17FN2O2/c1-12-2-6-14(7-3-12)20-16(22)18(10-11-18)17(23)21-15-8-4-13(19)5-9-15/h2-9H,10-11H2,1H3,(H,20,22)(H,21,23). The number of amides is 2. The van der Waals surface area contributed by atoms with Crippen molar-refractivity contribution in [1.82, 2.24) is 0 Å². The molecular formula is C18H17FN2O2. The van der Waals surface area contributed by atoms with Gasteiger partial charge in [-0.25, -0.2) is 4.39 Å². The van der Waals surface area contributed by atoms with Gasteiger partial charge in [0.15, 0.2) is 0 Å². The average molecular weight is 312 g/mol. The molecule has 2 aromatic rings. The van der Waals surface area contributed by atoms with Crippen LogP contribution in [-0.4, -0.2) is 11.8 Å². The highest BCUT2D eigenvalue weighted by Gasteiger charge is 2.56. The highest BCUT2D eigenvalue weighted by Crippen LogP contribution is 2.47. The van der Waals surface area contributed by atoms with E-state index in [0.717, 1.165) is 5.56 Å². The largest absolute Gasteiger partial charge is 0.325 e. The van der Waals surface area contributed by atoms with Gasteiger partial charge in [-0.05, 0) is 56.2 Å². The highest BCUT2D eigenvalue weighted by molar-refractivity contribution is 6.16. The smallest absolute Gasteiger partial charge is 0.240 e. The fraction of sp³-hybridized carbons (Fsp3) is 0.222. The summed E-state index contributed by atoms with van der Waals surface area (Å²) in [6.45, 7) is 1.96. The summed E-state index contributed by atoms with van der Waals surface area (Å²) in [6.07, 6.45) is 1.02. The van der Waals surface area contributed by atoms with Crippen LogP contribution in [0.4, 0.5) is 15.8 Å². The second-order valence-electron chi connectivity index (χ2n) is 5.86. The molecule has 1 saturated carbocycles. The van der Waals surface area contributed by atoms with Gasteiger partial charge in [0.1, 0.15) is 11.2 Å². The molecular weight excluding hydrogens is 295 g/mol. The normalized spacial score (nSPS) is 14.9. The lowest BCUT2D eigenvalue weighted by Crippen LogP contribution is -2.35. The fourth-order valence-corrected chi connectivity index (χ4v) is 2.35. The maximum atomic E-state index is 12.9. The predicted molar refractivity (Wildman–Crippen MR) is 86.5 cm³/mol. The van der Waals surface area contributed by atoms with Gasteiger partial charge in [0.2, 0.25) is 11.8 Å². The molecule has 5 heteroatoms. The minimum absolute atomic E-state index is 0.305. The molecule has 0 radical (unpaired) electrons. The molecule has 0 aliphatic heterocycles. The second kappa shape index (κ2) is 5.83. The quantitative estimate of drug-likeness (QED) is 0.849. The average Bonchev–Trinajstić information content (AvgIpc) is 3.34. The number of halogens is 1. The van der Waals surface area contributed by atoms with Crippen LogP contribution in [0.2, 0.25) is 0 Å². The molecule has 2 N–H and O–H groups in total. The molecule has 0 spiro atoms. The van der Waals surface area contributed by atoms with Crippen LogP contribution in [-0.2, 0) is 9.59 Å². The number of carbonyl (C=O) groups excluding carboxylic acids is 2. The summed E-state index contributed by atoms with van der Waals surface area (Å²) in [5.41, 5.74) is 1.21. The Hall–Kier alpha value is -2.69. The van der Waals surface area contributed by atoms with Crippen LogP contribution >= 0.6 is 0 Å². The SMILES string of the molecule is Cc1ccc(NC(=O)C2(C(=O)Nc3ccc(F)cc3)CC2)cc1. The number of aryl methyl sites for hydroxylation is 1. The first-order valence-corrected chi connectivity index (χ1v) is 7.45. The van der Waals surface area contributed by atoms with Crippen LogP contribution in [0.3, 0.4) is 0 Å². The first-order chi connectivity index (χ1) is 11.0. The molecule has 2 aromatic carbocycles. The van der Waals surface area contributed by atoms with Gasteiger partial charge in [-0.2, -0.15) is 0 Å². The molecule has 118 valence electrons. The first kappa shape index (κ1) is 15.2. The fourth-order valence-electron chi connectivity index (χ4n) is 2.35. The molecule has 1 fully saturated rings. The molecule has 23 heavy (non-hydrogen) atoms. The van der Waals surface area contributed by atoms with Gasteiger partial charge in [0.25, 0.3) is 0 Å². The Kier molecular flexibility index (Phi) is 3.86. The third kappa shape index (κ3) is 3.23. The van der Waals surface area contributed by atoms with Crippen LogP contribution in [0.1, 0.15) is 18.4 Å². The summed E-state index contributed by atoms with van der Waals surface area (Å²) in [5.74, 6) is -1.03. The van der Waals surface area contributed by atoms with Crippen molar-refractivity contribution >= 4 is 23.2 Å². The minimum atomic E-state index is -1.03. The third-order valence-electron chi connectivity index (χ3n) is 4.03. The molecule has 0 saturated heterocycles. The van der Waals surface area contributed by atoms with Crippen LogP contribution < -0.4 is 10.6 Å². The van der Waals surface area contributed by atoms with E-state index >= 15 is 0 Å². The molecule has 0 bridgehead atoms. The van der Waals surface area contributed by atoms with Crippen LogP contribution in [0.25, 0.3) is 0 Å². The van der Waals surface area contributed by atoms with Crippen molar-refractivity contribution in [3.8, 4) is 0 Å². The molecule has 3 rings (SSSR count). The Bertz CT molecular complexity index is 673. The van der Waals surface area contributed by atoms with Gasteiger partial charge < -0.3 is 10.6 Å². The van der Waals surface area contributed by atoms with E-state index in [4.69, 9.17) is 0 Å². The Morgan fingerprint density at radius 1 is 0.870 bits per heavy atom. The number of carbonyl (C=O) groups is 2. The van der Waals surface area contributed by atoms with E-state index in [-0.39, 0.29) is 17.6 Å². The van der Waals surface area contributed by atoms with Gasteiger partial charge in [-0.15, -0.1) is 0 Å². The van der Waals surface area contributed by atoms with Gasteiger partial charge in [-0.3, -0.25) is 9.59 Å². The molecule has 0 unspecified atom stereocenters. The number of rotatable bonds is 4. The minimum Gasteiger partial charge on any atom is -0.325 e. The third-order valence-corrected chi connectivity index (χ3v) is 4.03. The Morgan fingerprint density at radius 2 is 1.30 bits per heavy atom. The second-order valence-corrected chi connectivity index (χ2v) is 5.86. The van der Waals surface area contributed by atoms with Crippen molar-refractivity contribution in [2.45, 2.75) is 19.8 Å². The van der Waals surface area contributed by atoms with Crippen molar-refractivity contribution in [2.75, 3.05) is 10.6 Å². The van der Waals surface area contributed by atoms with E-state index < -0.39 is 5.41 Å². The highest BCUT2D eigenvalue weighted by atomic mass is 19.1. The van der Waals surface area contributed by atoms with Crippen molar-refractivity contribution in [3.05, 3.63) is 59.9 Å². The lowest BCUT2D eigenvalue weighted by molar-refractivity contribution is -0.131. The van der Waals surface area contributed by atoms with E-state index in [0.29, 0.717) is 24.2 Å². The zero-order valence-electron chi connectivity index (χ0n) is 12.7. The Labute approximate surface area is 133 Å². The van der Waals surface area contributed by atoms with Crippen LogP contribution in [0.15, 0.2) is 48.5 Å². The van der Waals surface area contributed by atoms with Crippen LogP contribution in [0.5, 0.6) is 0 Å². The Balaban J connectivity index is 1.68. The molecule has 4 nitrogen and oxygen atoms in total. The molecule has 1 aliphatic carbocycles. The predicted octanol–water partition coefficient (Wildman–Crippen LogP) is 3.49. The van der Waals surface area contributed by atoms with Gasteiger partial charge >= 0.3 is 0 Å².